The van der Waals surface area contributed by atoms with Crippen LogP contribution >= 0.6 is 0 Å². The molecule has 1 heterocycles. The first-order valence-electron chi connectivity index (χ1n) is 12.9. The number of unbranched alkanes of at least 4 members (excludes halogenated alkanes) is 2. The zero-order valence-corrected chi connectivity index (χ0v) is 21.2. The van der Waals surface area contributed by atoms with E-state index in [0.717, 1.165) is 41.7 Å². The molecule has 0 aliphatic carbocycles. The second-order valence-corrected chi connectivity index (χ2v) is 9.13. The molecule has 1 aliphatic rings. The molecule has 0 spiro atoms. The Bertz CT molecular complexity index is 1250. The number of benzene rings is 3. The van der Waals surface area contributed by atoms with E-state index in [1.165, 1.54) is 6.08 Å². The minimum Gasteiger partial charge on any atom is -0.503 e. The third-order valence-electron chi connectivity index (χ3n) is 6.49. The van der Waals surface area contributed by atoms with Crippen LogP contribution in [0.4, 0.5) is 0 Å². The molecule has 1 unspecified atom stereocenters. The van der Waals surface area contributed by atoms with Crippen LogP contribution in [0, 0.1) is 0 Å². The lowest BCUT2D eigenvalue weighted by atomic mass is 9.95. The molecule has 5 heteroatoms. The van der Waals surface area contributed by atoms with E-state index in [2.05, 4.69) is 6.92 Å². The van der Waals surface area contributed by atoms with E-state index in [4.69, 9.17) is 4.74 Å². The number of ether oxygens (including phenoxy) is 1. The number of hydrogen-bond donors (Lipinski definition) is 1. The molecule has 3 aromatic carbocycles. The normalized spacial score (nSPS) is 15.5. The van der Waals surface area contributed by atoms with Crippen LogP contribution in [0.2, 0.25) is 0 Å². The standard InChI is InChI=1S/C32H33NO4/c1-2-3-10-23-37-27-18-16-26(17-19-27)30-29(28(34)20-15-24-11-6-4-7-12-24)31(35)32(36)33(30)22-21-25-13-8-5-9-14-25/h4-9,11-20,30,35H,2-3,10,21-23H2,1H3/b20-15+. The van der Waals surface area contributed by atoms with Gasteiger partial charge >= 0.3 is 0 Å². The molecule has 1 N–H and O–H groups in total. The Morgan fingerprint density at radius 2 is 1.62 bits per heavy atom. The van der Waals surface area contributed by atoms with Gasteiger partial charge in [0, 0.05) is 6.54 Å². The summed E-state index contributed by atoms with van der Waals surface area (Å²) in [5, 5.41) is 10.9. The van der Waals surface area contributed by atoms with E-state index in [-0.39, 0.29) is 11.4 Å². The Hall–Kier alpha value is -4.12. The van der Waals surface area contributed by atoms with Crippen molar-refractivity contribution >= 4 is 17.8 Å². The number of rotatable bonds is 12. The fourth-order valence-electron chi connectivity index (χ4n) is 4.49. The molecule has 190 valence electrons. The second kappa shape index (κ2) is 12.7. The van der Waals surface area contributed by atoms with Crippen LogP contribution in [0.25, 0.3) is 6.08 Å². The average Bonchev–Trinajstić information content (AvgIpc) is 3.19. The monoisotopic (exact) mass is 495 g/mol. The first kappa shape index (κ1) is 26.0. The highest BCUT2D eigenvalue weighted by Gasteiger charge is 2.42. The van der Waals surface area contributed by atoms with Crippen LogP contribution < -0.4 is 4.74 Å². The maximum absolute atomic E-state index is 13.3. The predicted octanol–water partition coefficient (Wildman–Crippen LogP) is 6.48. The van der Waals surface area contributed by atoms with E-state index < -0.39 is 17.7 Å². The van der Waals surface area contributed by atoms with Crippen LogP contribution in [0.15, 0.2) is 102 Å². The summed E-state index contributed by atoms with van der Waals surface area (Å²) in [5.41, 5.74) is 2.79. The van der Waals surface area contributed by atoms with Gasteiger partial charge in [0.1, 0.15) is 5.75 Å². The number of nitrogens with zero attached hydrogens (tertiary/aromatic N) is 1. The smallest absolute Gasteiger partial charge is 0.290 e. The maximum Gasteiger partial charge on any atom is 0.290 e. The number of allylic oxidation sites excluding steroid dienone is 1. The molecule has 37 heavy (non-hydrogen) atoms. The fraction of sp³-hybridized carbons (Fsp3) is 0.250. The molecule has 0 radical (unpaired) electrons. The van der Waals surface area contributed by atoms with Crippen molar-refractivity contribution in [2.45, 2.75) is 38.6 Å². The molecule has 0 saturated carbocycles. The number of carbonyl (C=O) groups is 2. The van der Waals surface area contributed by atoms with Crippen molar-refractivity contribution in [1.82, 2.24) is 4.90 Å². The molecule has 0 aromatic heterocycles. The Kier molecular flexibility index (Phi) is 8.93. The zero-order chi connectivity index (χ0) is 26.0. The first-order chi connectivity index (χ1) is 18.1. The van der Waals surface area contributed by atoms with Crippen molar-refractivity contribution in [3.8, 4) is 5.75 Å². The molecule has 0 saturated heterocycles. The van der Waals surface area contributed by atoms with Crippen molar-refractivity contribution in [3.05, 3.63) is 119 Å². The largest absolute Gasteiger partial charge is 0.503 e. The van der Waals surface area contributed by atoms with E-state index in [0.29, 0.717) is 19.6 Å². The van der Waals surface area contributed by atoms with Gasteiger partial charge < -0.3 is 14.7 Å². The molecule has 0 bridgehead atoms. The van der Waals surface area contributed by atoms with Gasteiger partial charge in [-0.1, -0.05) is 98.6 Å². The molecule has 0 fully saturated rings. The quantitative estimate of drug-likeness (QED) is 0.231. The third-order valence-corrected chi connectivity index (χ3v) is 6.49. The number of amides is 1. The first-order valence-corrected chi connectivity index (χ1v) is 12.9. The predicted molar refractivity (Wildman–Crippen MR) is 146 cm³/mol. The Labute approximate surface area is 218 Å². The maximum atomic E-state index is 13.3. The number of aliphatic hydroxyl groups excluding tert-OH is 1. The lowest BCUT2D eigenvalue weighted by Gasteiger charge is -2.27. The SMILES string of the molecule is CCCCCOc1ccc(C2C(C(=O)/C=C/c3ccccc3)=C(O)C(=O)N2CCc2ccccc2)cc1. The summed E-state index contributed by atoms with van der Waals surface area (Å²) >= 11 is 0. The summed E-state index contributed by atoms with van der Waals surface area (Å²) in [4.78, 5) is 28.1. The molecule has 1 amide bonds. The van der Waals surface area contributed by atoms with Crippen LogP contribution in [0.3, 0.4) is 0 Å². The van der Waals surface area contributed by atoms with E-state index in [1.54, 1.807) is 11.0 Å². The van der Waals surface area contributed by atoms with Gasteiger partial charge in [0.05, 0.1) is 18.2 Å². The fourth-order valence-corrected chi connectivity index (χ4v) is 4.49. The summed E-state index contributed by atoms with van der Waals surface area (Å²) in [6, 6.07) is 26.1. The summed E-state index contributed by atoms with van der Waals surface area (Å²) in [6.45, 7) is 3.16. The van der Waals surface area contributed by atoms with Gasteiger partial charge in [0.2, 0.25) is 0 Å². The summed E-state index contributed by atoms with van der Waals surface area (Å²) < 4.78 is 5.84. The van der Waals surface area contributed by atoms with E-state index in [1.807, 2.05) is 84.9 Å². The minimum absolute atomic E-state index is 0.0989. The number of ketones is 1. The van der Waals surface area contributed by atoms with Gasteiger partial charge in [0.15, 0.2) is 11.5 Å². The Morgan fingerprint density at radius 3 is 2.30 bits per heavy atom. The van der Waals surface area contributed by atoms with Gasteiger partial charge in [-0.2, -0.15) is 0 Å². The number of carbonyl (C=O) groups excluding carboxylic acids is 2. The van der Waals surface area contributed by atoms with Gasteiger partial charge in [-0.15, -0.1) is 0 Å². The Balaban J connectivity index is 1.60. The van der Waals surface area contributed by atoms with Crippen molar-refractivity contribution in [2.75, 3.05) is 13.2 Å². The van der Waals surface area contributed by atoms with Crippen LogP contribution in [-0.2, 0) is 16.0 Å². The molecule has 1 aliphatic heterocycles. The van der Waals surface area contributed by atoms with Crippen LogP contribution in [0.5, 0.6) is 5.75 Å². The zero-order valence-electron chi connectivity index (χ0n) is 21.2. The molecule has 5 nitrogen and oxygen atoms in total. The highest BCUT2D eigenvalue weighted by atomic mass is 16.5. The molecule has 1 atom stereocenters. The molecule has 3 aromatic rings. The van der Waals surface area contributed by atoms with Crippen molar-refractivity contribution in [3.63, 3.8) is 0 Å². The second-order valence-electron chi connectivity index (χ2n) is 9.13. The summed E-state index contributed by atoms with van der Waals surface area (Å²) in [5.74, 6) is -0.662. The summed E-state index contributed by atoms with van der Waals surface area (Å²) in [6.07, 6.45) is 6.96. The molecular formula is C32H33NO4. The van der Waals surface area contributed by atoms with Crippen molar-refractivity contribution in [1.29, 1.82) is 0 Å². The average molecular weight is 496 g/mol. The number of hydrogen-bond acceptors (Lipinski definition) is 4. The molecular weight excluding hydrogens is 462 g/mol. The molecule has 4 rings (SSSR count). The van der Waals surface area contributed by atoms with Crippen LogP contribution in [-0.4, -0.2) is 34.8 Å². The van der Waals surface area contributed by atoms with E-state index in [9.17, 15) is 14.7 Å². The van der Waals surface area contributed by atoms with Gasteiger partial charge in [-0.25, -0.2) is 0 Å². The lowest BCUT2D eigenvalue weighted by molar-refractivity contribution is -0.129. The summed E-state index contributed by atoms with van der Waals surface area (Å²) in [7, 11) is 0. The Morgan fingerprint density at radius 1 is 0.946 bits per heavy atom. The highest BCUT2D eigenvalue weighted by molar-refractivity contribution is 6.14. The van der Waals surface area contributed by atoms with Crippen LogP contribution in [0.1, 0.15) is 48.9 Å². The lowest BCUT2D eigenvalue weighted by Crippen LogP contribution is -2.33. The topological polar surface area (TPSA) is 66.8 Å². The van der Waals surface area contributed by atoms with Crippen molar-refractivity contribution < 1.29 is 19.4 Å². The minimum atomic E-state index is -0.682. The highest BCUT2D eigenvalue weighted by Crippen LogP contribution is 2.38. The third kappa shape index (κ3) is 6.56. The van der Waals surface area contributed by atoms with Crippen molar-refractivity contribution in [2.24, 2.45) is 0 Å². The number of aliphatic hydroxyl groups is 1. The van der Waals surface area contributed by atoms with E-state index >= 15 is 0 Å². The van der Waals surface area contributed by atoms with Gasteiger partial charge in [-0.05, 0) is 47.7 Å². The van der Waals surface area contributed by atoms with Gasteiger partial charge in [-0.3, -0.25) is 9.59 Å². The van der Waals surface area contributed by atoms with Gasteiger partial charge in [0.25, 0.3) is 5.91 Å².